The number of hydrogen-bond donors (Lipinski definition) is 2. The van der Waals surface area contributed by atoms with Crippen molar-refractivity contribution in [1.29, 1.82) is 0 Å². The van der Waals surface area contributed by atoms with E-state index < -0.39 is 53.0 Å². The van der Waals surface area contributed by atoms with Crippen LogP contribution in [-0.4, -0.2) is 69.7 Å². The number of nitrogens with zero attached hydrogens (tertiary/aromatic N) is 3. The molecule has 10 nitrogen and oxygen atoms in total. The number of aromatic nitrogens is 1. The molecule has 13 heteroatoms. The Hall–Kier alpha value is -3.35. The normalized spacial score (nSPS) is 21.6. The van der Waals surface area contributed by atoms with Crippen molar-refractivity contribution in [3.05, 3.63) is 66.0 Å². The minimum atomic E-state index is -3.47. The van der Waals surface area contributed by atoms with Crippen LogP contribution in [0.1, 0.15) is 64.9 Å². The topological polar surface area (TPSA) is 129 Å². The van der Waals surface area contributed by atoms with Crippen LogP contribution in [0.3, 0.4) is 0 Å². The number of amides is 2. The Kier molecular flexibility index (Phi) is 7.45. The van der Waals surface area contributed by atoms with Gasteiger partial charge in [0.25, 0.3) is 23.4 Å². The summed E-state index contributed by atoms with van der Waals surface area (Å²) in [6.45, 7) is 1.14. The van der Waals surface area contributed by atoms with Crippen LogP contribution in [-0.2, 0) is 0 Å². The third kappa shape index (κ3) is 5.48. The lowest BCUT2D eigenvalue weighted by Gasteiger charge is -2.39. The molecule has 0 bridgehead atoms. The fourth-order valence-electron chi connectivity index (χ4n) is 6.29. The summed E-state index contributed by atoms with van der Waals surface area (Å²) < 4.78 is 30.8. The van der Waals surface area contributed by atoms with Gasteiger partial charge in [0.15, 0.2) is 0 Å². The van der Waals surface area contributed by atoms with Crippen LogP contribution in [0.4, 0.5) is 20.2 Å². The van der Waals surface area contributed by atoms with Crippen molar-refractivity contribution in [1.82, 2.24) is 14.8 Å². The number of piperidine rings is 1. The Morgan fingerprint density at radius 1 is 1.07 bits per heavy atom. The van der Waals surface area contributed by atoms with Crippen molar-refractivity contribution in [2.45, 2.75) is 57.4 Å². The highest BCUT2D eigenvalue weighted by Gasteiger charge is 2.51. The Bertz CT molecular complexity index is 1410. The highest BCUT2D eigenvalue weighted by atomic mass is 79.9. The van der Waals surface area contributed by atoms with E-state index in [2.05, 4.69) is 26.2 Å². The van der Waals surface area contributed by atoms with E-state index in [1.165, 1.54) is 25.0 Å². The predicted molar refractivity (Wildman–Crippen MR) is 147 cm³/mol. The molecule has 0 unspecified atom stereocenters. The number of nitro groups is 1. The summed E-state index contributed by atoms with van der Waals surface area (Å²) in [4.78, 5) is 54.8. The number of likely N-dealkylation sites (tertiary alicyclic amines) is 2. The van der Waals surface area contributed by atoms with Crippen LogP contribution in [0, 0.1) is 22.5 Å². The van der Waals surface area contributed by atoms with Crippen molar-refractivity contribution in [2.75, 3.05) is 31.5 Å². The van der Waals surface area contributed by atoms with Crippen molar-refractivity contribution in [3.8, 4) is 0 Å². The fourth-order valence-corrected chi connectivity index (χ4v) is 6.73. The van der Waals surface area contributed by atoms with Gasteiger partial charge in [-0.05, 0) is 50.2 Å². The molecular weight excluding hydrogens is 592 g/mol. The number of H-pyrrole nitrogens is 1. The Labute approximate surface area is 237 Å². The maximum Gasteiger partial charge on any atom is 0.294 e. The number of halogens is 3. The molecule has 1 spiro atoms. The van der Waals surface area contributed by atoms with Crippen LogP contribution in [0.5, 0.6) is 0 Å². The Balaban J connectivity index is 1.42. The zero-order valence-corrected chi connectivity index (χ0v) is 23.6. The van der Waals surface area contributed by atoms with Crippen molar-refractivity contribution in [3.63, 3.8) is 0 Å². The second kappa shape index (κ2) is 10.6. The van der Waals surface area contributed by atoms with E-state index in [0.29, 0.717) is 18.8 Å². The zero-order valence-electron chi connectivity index (χ0n) is 22.0. The summed E-state index contributed by atoms with van der Waals surface area (Å²) in [5.41, 5.74) is -0.817. The highest BCUT2D eigenvalue weighted by molar-refractivity contribution is 9.10. The quantitative estimate of drug-likeness (QED) is 0.367. The average Bonchev–Trinajstić information content (AvgIpc) is 3.47. The van der Waals surface area contributed by atoms with E-state index in [1.54, 1.807) is 11.8 Å². The van der Waals surface area contributed by atoms with Gasteiger partial charge in [-0.25, -0.2) is 8.78 Å². The molecule has 2 saturated heterocycles. The lowest BCUT2D eigenvalue weighted by atomic mass is 9.77. The molecule has 3 heterocycles. The lowest BCUT2D eigenvalue weighted by molar-refractivity contribution is -0.384. The van der Waals surface area contributed by atoms with Crippen LogP contribution in [0.15, 0.2) is 33.5 Å². The minimum Gasteiger partial charge on any atom is -0.369 e. The predicted octanol–water partition coefficient (Wildman–Crippen LogP) is 4.72. The first-order chi connectivity index (χ1) is 18.9. The zero-order chi connectivity index (χ0) is 28.8. The first-order valence-electron chi connectivity index (χ1n) is 13.3. The van der Waals surface area contributed by atoms with E-state index in [4.69, 9.17) is 0 Å². The van der Waals surface area contributed by atoms with Gasteiger partial charge >= 0.3 is 0 Å². The summed E-state index contributed by atoms with van der Waals surface area (Å²) in [7, 11) is 0. The third-order valence-corrected chi connectivity index (χ3v) is 8.89. The molecule has 2 aromatic rings. The number of benzene rings is 1. The SMILES string of the molecule is Cc1cc(C(=O)N2C[C@H](Nc3c(C(=O)N4CCC5(CCCC5)CC4)cc(Br)cc3[N+](=O)[O-])C(F)(F)C2)cc(=O)[nH]1. The first kappa shape index (κ1) is 28.2. The molecule has 214 valence electrons. The largest absolute Gasteiger partial charge is 0.369 e. The Morgan fingerprint density at radius 3 is 2.38 bits per heavy atom. The molecule has 1 aromatic heterocycles. The van der Waals surface area contributed by atoms with Gasteiger partial charge in [-0.1, -0.05) is 28.8 Å². The molecule has 1 saturated carbocycles. The second-order valence-electron chi connectivity index (χ2n) is 11.2. The van der Waals surface area contributed by atoms with Gasteiger partial charge in [-0.3, -0.25) is 24.5 Å². The second-order valence-corrected chi connectivity index (χ2v) is 12.1. The summed E-state index contributed by atoms with van der Waals surface area (Å²) >= 11 is 3.23. The molecule has 3 fully saturated rings. The minimum absolute atomic E-state index is 0.0340. The summed E-state index contributed by atoms with van der Waals surface area (Å²) in [5.74, 6) is -4.69. The third-order valence-electron chi connectivity index (χ3n) is 8.43. The fraction of sp³-hybridized carbons (Fsp3) is 0.519. The number of alkyl halides is 2. The maximum atomic E-state index is 15.2. The number of pyridine rings is 1. The maximum absolute atomic E-state index is 15.2. The highest BCUT2D eigenvalue weighted by Crippen LogP contribution is 2.46. The number of aryl methyl sites for hydroxylation is 1. The molecule has 1 atom stereocenters. The van der Waals surface area contributed by atoms with Gasteiger partial charge in [-0.2, -0.15) is 0 Å². The van der Waals surface area contributed by atoms with Crippen LogP contribution in [0.25, 0.3) is 0 Å². The molecule has 0 radical (unpaired) electrons. The molecule has 1 aliphatic carbocycles. The van der Waals surface area contributed by atoms with E-state index in [1.807, 2.05) is 0 Å². The van der Waals surface area contributed by atoms with Gasteiger partial charge in [-0.15, -0.1) is 0 Å². The van der Waals surface area contributed by atoms with Crippen LogP contribution < -0.4 is 10.9 Å². The smallest absolute Gasteiger partial charge is 0.294 e. The number of carbonyl (C=O) groups excluding carboxylic acids is 2. The summed E-state index contributed by atoms with van der Waals surface area (Å²) in [6, 6.07) is 3.31. The van der Waals surface area contributed by atoms with Crippen molar-refractivity contribution in [2.24, 2.45) is 5.41 Å². The number of nitro benzene ring substituents is 1. The molecule has 2 amide bonds. The van der Waals surface area contributed by atoms with Gasteiger partial charge in [0, 0.05) is 47.5 Å². The number of aromatic amines is 1. The van der Waals surface area contributed by atoms with Crippen LogP contribution in [0.2, 0.25) is 0 Å². The number of nitrogens with one attached hydrogen (secondary N) is 2. The molecule has 1 aromatic carbocycles. The standard InChI is InChI=1S/C27H30BrF2N5O5/c1-16-10-17(11-22(36)31-16)24(37)34-14-21(27(29,30)15-34)32-23-19(12-18(28)13-20(23)35(39)40)25(38)33-8-6-26(7-9-33)4-2-3-5-26/h10-13,21,32H,2-9,14-15H2,1H3,(H,31,36)/t21-/m0/s1. The van der Waals surface area contributed by atoms with E-state index >= 15 is 8.78 Å². The molecule has 5 rings (SSSR count). The molecular formula is C27H30BrF2N5O5. The molecule has 40 heavy (non-hydrogen) atoms. The average molecular weight is 622 g/mol. The monoisotopic (exact) mass is 621 g/mol. The number of hydrogen-bond acceptors (Lipinski definition) is 6. The number of anilines is 1. The van der Waals surface area contributed by atoms with E-state index in [-0.39, 0.29) is 26.7 Å². The van der Waals surface area contributed by atoms with Crippen molar-refractivity contribution >= 4 is 39.1 Å². The summed E-state index contributed by atoms with van der Waals surface area (Å²) in [5, 5.41) is 14.6. The number of rotatable bonds is 5. The molecule has 2 aliphatic heterocycles. The van der Waals surface area contributed by atoms with Gasteiger partial charge in [0.1, 0.15) is 11.7 Å². The van der Waals surface area contributed by atoms with E-state index in [9.17, 15) is 24.5 Å². The molecule has 3 aliphatic rings. The van der Waals surface area contributed by atoms with Gasteiger partial charge < -0.3 is 20.1 Å². The lowest BCUT2D eigenvalue weighted by Crippen LogP contribution is -2.43. The summed E-state index contributed by atoms with van der Waals surface area (Å²) in [6.07, 6.45) is 6.30. The van der Waals surface area contributed by atoms with Crippen LogP contribution >= 0.6 is 15.9 Å². The number of carbonyl (C=O) groups is 2. The molecule has 2 N–H and O–H groups in total. The Morgan fingerprint density at radius 2 is 1.75 bits per heavy atom. The first-order valence-corrected chi connectivity index (χ1v) is 14.1. The van der Waals surface area contributed by atoms with E-state index in [0.717, 1.165) is 42.7 Å². The van der Waals surface area contributed by atoms with Crippen molar-refractivity contribution < 1.29 is 23.3 Å². The van der Waals surface area contributed by atoms with Gasteiger partial charge in [0.2, 0.25) is 5.56 Å². The van der Waals surface area contributed by atoms with Gasteiger partial charge in [0.05, 0.1) is 17.0 Å².